The number of nitrogens with one attached hydrogen (secondary N) is 1. The van der Waals surface area contributed by atoms with E-state index in [1.54, 1.807) is 30.3 Å². The maximum Gasteiger partial charge on any atom is 0.255 e. The van der Waals surface area contributed by atoms with Crippen LogP contribution in [-0.2, 0) is 5.88 Å². The molecule has 2 rings (SSSR count). The fourth-order valence-electron chi connectivity index (χ4n) is 1.64. The highest BCUT2D eigenvalue weighted by Gasteiger charge is 2.08. The van der Waals surface area contributed by atoms with Crippen LogP contribution < -0.4 is 5.32 Å². The number of rotatable bonds is 3. The Morgan fingerprint density at radius 3 is 2.55 bits per heavy atom. The molecule has 0 aromatic heterocycles. The van der Waals surface area contributed by atoms with Gasteiger partial charge in [-0.25, -0.2) is 4.39 Å². The number of anilines is 1. The van der Waals surface area contributed by atoms with Crippen LogP contribution in [-0.4, -0.2) is 5.91 Å². The largest absolute Gasteiger partial charge is 0.322 e. The quantitative estimate of drug-likeness (QED) is 0.876. The smallest absolute Gasteiger partial charge is 0.255 e. The topological polar surface area (TPSA) is 52.9 Å². The summed E-state index contributed by atoms with van der Waals surface area (Å²) in [7, 11) is 0. The summed E-state index contributed by atoms with van der Waals surface area (Å²) >= 11 is 5.67. The van der Waals surface area contributed by atoms with Crippen molar-refractivity contribution in [3.63, 3.8) is 0 Å². The summed E-state index contributed by atoms with van der Waals surface area (Å²) in [5.74, 6) is -0.565. The van der Waals surface area contributed by atoms with Gasteiger partial charge in [0.2, 0.25) is 0 Å². The number of alkyl halides is 1. The number of hydrogen-bond donors (Lipinski definition) is 1. The number of hydrogen-bond acceptors (Lipinski definition) is 2. The summed E-state index contributed by atoms with van der Waals surface area (Å²) in [5.41, 5.74) is 1.63. The first-order chi connectivity index (χ1) is 9.63. The number of halogens is 2. The standard InChI is InChI=1S/C15H10ClFN2O/c16-8-10-1-3-11(4-2-10)15(20)19-13-5-6-14(17)12(7-13)9-18/h1-7H,8H2,(H,19,20). The van der Waals surface area contributed by atoms with E-state index in [2.05, 4.69) is 5.32 Å². The average Bonchev–Trinajstić information content (AvgIpc) is 2.49. The van der Waals surface area contributed by atoms with Gasteiger partial charge < -0.3 is 5.32 Å². The van der Waals surface area contributed by atoms with Crippen molar-refractivity contribution in [3.05, 3.63) is 65.0 Å². The second-order valence-corrected chi connectivity index (χ2v) is 4.36. The van der Waals surface area contributed by atoms with Gasteiger partial charge in [-0.1, -0.05) is 12.1 Å². The Kier molecular flexibility index (Phi) is 4.34. The van der Waals surface area contributed by atoms with Crippen molar-refractivity contribution in [1.29, 1.82) is 5.26 Å². The Hall–Kier alpha value is -2.38. The fraction of sp³-hybridized carbons (Fsp3) is 0.0667. The van der Waals surface area contributed by atoms with Crippen LogP contribution in [0.4, 0.5) is 10.1 Å². The Labute approximate surface area is 120 Å². The van der Waals surface area contributed by atoms with E-state index in [0.717, 1.165) is 11.6 Å². The second kappa shape index (κ2) is 6.18. The van der Waals surface area contributed by atoms with Gasteiger partial charge >= 0.3 is 0 Å². The number of amides is 1. The van der Waals surface area contributed by atoms with Crippen LogP contribution in [0.1, 0.15) is 21.5 Å². The molecule has 0 unspecified atom stereocenters. The molecule has 0 bridgehead atoms. The second-order valence-electron chi connectivity index (χ2n) is 4.09. The minimum absolute atomic E-state index is 0.111. The summed E-state index contributed by atoms with van der Waals surface area (Å²) in [5, 5.41) is 11.3. The van der Waals surface area contributed by atoms with Crippen molar-refractivity contribution < 1.29 is 9.18 Å². The summed E-state index contributed by atoms with van der Waals surface area (Å²) in [6.07, 6.45) is 0. The Morgan fingerprint density at radius 2 is 1.95 bits per heavy atom. The van der Waals surface area contributed by atoms with E-state index in [9.17, 15) is 9.18 Å². The Bertz CT molecular complexity index is 677. The lowest BCUT2D eigenvalue weighted by molar-refractivity contribution is 0.102. The van der Waals surface area contributed by atoms with Crippen LogP contribution in [0.3, 0.4) is 0 Å². The molecule has 2 aromatic carbocycles. The highest BCUT2D eigenvalue weighted by Crippen LogP contribution is 2.15. The van der Waals surface area contributed by atoms with Gasteiger partial charge in [0.05, 0.1) is 5.56 Å². The fourth-order valence-corrected chi connectivity index (χ4v) is 1.82. The summed E-state index contributed by atoms with van der Waals surface area (Å²) in [4.78, 5) is 12.0. The van der Waals surface area contributed by atoms with Crippen LogP contribution in [0, 0.1) is 17.1 Å². The number of carbonyl (C=O) groups is 1. The van der Waals surface area contributed by atoms with Crippen molar-refractivity contribution in [2.45, 2.75) is 5.88 Å². The lowest BCUT2D eigenvalue weighted by atomic mass is 10.1. The first-order valence-corrected chi connectivity index (χ1v) is 6.33. The first-order valence-electron chi connectivity index (χ1n) is 5.80. The van der Waals surface area contributed by atoms with Crippen molar-refractivity contribution in [1.82, 2.24) is 0 Å². The van der Waals surface area contributed by atoms with Gasteiger partial charge in [-0.15, -0.1) is 11.6 Å². The van der Waals surface area contributed by atoms with E-state index in [-0.39, 0.29) is 11.5 Å². The van der Waals surface area contributed by atoms with Crippen LogP contribution in [0.2, 0.25) is 0 Å². The predicted molar refractivity (Wildman–Crippen MR) is 75.1 cm³/mol. The molecule has 0 saturated carbocycles. The minimum atomic E-state index is -0.614. The third-order valence-electron chi connectivity index (χ3n) is 2.72. The maximum atomic E-state index is 13.2. The van der Waals surface area contributed by atoms with Gasteiger partial charge in [0.1, 0.15) is 11.9 Å². The molecule has 0 heterocycles. The normalized spacial score (nSPS) is 9.85. The SMILES string of the molecule is N#Cc1cc(NC(=O)c2ccc(CCl)cc2)ccc1F. The predicted octanol–water partition coefficient (Wildman–Crippen LogP) is 3.69. The lowest BCUT2D eigenvalue weighted by Gasteiger charge is -2.06. The molecule has 1 N–H and O–H groups in total. The average molecular weight is 289 g/mol. The molecule has 20 heavy (non-hydrogen) atoms. The lowest BCUT2D eigenvalue weighted by Crippen LogP contribution is -2.12. The molecular weight excluding hydrogens is 279 g/mol. The number of nitriles is 1. The van der Waals surface area contributed by atoms with Crippen molar-refractivity contribution in [2.75, 3.05) is 5.32 Å². The van der Waals surface area contributed by atoms with Gasteiger partial charge in [-0.3, -0.25) is 4.79 Å². The number of benzene rings is 2. The maximum absolute atomic E-state index is 13.2. The van der Waals surface area contributed by atoms with Crippen molar-refractivity contribution in [2.24, 2.45) is 0 Å². The molecular formula is C15H10ClFN2O. The van der Waals surface area contributed by atoms with E-state index < -0.39 is 5.82 Å². The van der Waals surface area contributed by atoms with Gasteiger partial charge in [0.25, 0.3) is 5.91 Å². The van der Waals surface area contributed by atoms with Crippen LogP contribution in [0.5, 0.6) is 0 Å². The minimum Gasteiger partial charge on any atom is -0.322 e. The number of carbonyl (C=O) groups excluding carboxylic acids is 1. The van der Waals surface area contributed by atoms with E-state index in [1.165, 1.54) is 12.1 Å². The molecule has 2 aromatic rings. The molecule has 5 heteroatoms. The molecule has 0 spiro atoms. The third kappa shape index (κ3) is 3.14. The monoisotopic (exact) mass is 288 g/mol. The Balaban J connectivity index is 2.17. The summed E-state index contributed by atoms with van der Waals surface area (Å²) in [6.45, 7) is 0. The molecule has 0 aliphatic heterocycles. The van der Waals surface area contributed by atoms with Crippen LogP contribution in [0.15, 0.2) is 42.5 Å². The molecule has 0 saturated heterocycles. The van der Waals surface area contributed by atoms with Crippen molar-refractivity contribution in [3.8, 4) is 6.07 Å². The molecule has 0 radical (unpaired) electrons. The molecule has 0 atom stereocenters. The molecule has 1 amide bonds. The van der Waals surface area contributed by atoms with Gasteiger partial charge in [-0.2, -0.15) is 5.26 Å². The van der Waals surface area contributed by atoms with Crippen LogP contribution >= 0.6 is 11.6 Å². The summed E-state index contributed by atoms with van der Waals surface area (Å²) < 4.78 is 13.2. The zero-order chi connectivity index (χ0) is 14.5. The van der Waals surface area contributed by atoms with Gasteiger partial charge in [-0.05, 0) is 35.9 Å². The highest BCUT2D eigenvalue weighted by atomic mass is 35.5. The van der Waals surface area contributed by atoms with E-state index >= 15 is 0 Å². The molecule has 0 aliphatic carbocycles. The molecule has 3 nitrogen and oxygen atoms in total. The Morgan fingerprint density at radius 1 is 1.25 bits per heavy atom. The third-order valence-corrected chi connectivity index (χ3v) is 3.02. The highest BCUT2D eigenvalue weighted by molar-refractivity contribution is 6.17. The van der Waals surface area contributed by atoms with E-state index in [0.29, 0.717) is 17.1 Å². The molecule has 100 valence electrons. The summed E-state index contributed by atoms with van der Waals surface area (Å²) in [6, 6.07) is 12.4. The van der Waals surface area contributed by atoms with E-state index in [4.69, 9.17) is 16.9 Å². The van der Waals surface area contributed by atoms with E-state index in [1.807, 2.05) is 0 Å². The van der Waals surface area contributed by atoms with Gasteiger partial charge in [0, 0.05) is 17.1 Å². The zero-order valence-corrected chi connectivity index (χ0v) is 11.1. The number of nitrogens with zero attached hydrogens (tertiary/aromatic N) is 1. The molecule has 0 fully saturated rings. The first kappa shape index (κ1) is 14.0. The zero-order valence-electron chi connectivity index (χ0n) is 10.4. The van der Waals surface area contributed by atoms with Crippen LogP contribution in [0.25, 0.3) is 0 Å². The van der Waals surface area contributed by atoms with Crippen molar-refractivity contribution >= 4 is 23.2 Å². The van der Waals surface area contributed by atoms with Gasteiger partial charge in [0.15, 0.2) is 0 Å². The molecule has 0 aliphatic rings.